The molecule has 0 aromatic carbocycles. The molecule has 6 nitrogen and oxygen atoms in total. The van der Waals surface area contributed by atoms with E-state index < -0.39 is 24.6 Å². The number of carboxylic acid groups (broad SMARTS) is 1. The number of carbonyl (C=O) groups excluding carboxylic acids is 1. The number of nitrogens with one attached hydrogen (secondary N) is 2. The number of carboxylic acids is 1. The van der Waals surface area contributed by atoms with Gasteiger partial charge in [0.25, 0.3) is 0 Å². The maximum absolute atomic E-state index is 11.5. The number of rotatable bonds is 4. The molecule has 1 aliphatic carbocycles. The number of aliphatic carboxylic acids is 1. The number of aliphatic hydroxyl groups is 1. The van der Waals surface area contributed by atoms with Gasteiger partial charge < -0.3 is 20.8 Å². The molecule has 18 heavy (non-hydrogen) atoms. The van der Waals surface area contributed by atoms with E-state index in [9.17, 15) is 9.59 Å². The molecule has 1 atom stereocenters. The fourth-order valence-electron chi connectivity index (χ4n) is 2.11. The molecule has 0 heterocycles. The number of amides is 2. The second-order valence-electron chi connectivity index (χ2n) is 5.63. The minimum absolute atomic E-state index is 0.0890. The minimum atomic E-state index is -1.25. The SMILES string of the molecule is CC1(C)CCC(NC(=O)NC(CO)C(=O)O)CC1. The largest absolute Gasteiger partial charge is 0.480 e. The van der Waals surface area contributed by atoms with E-state index in [2.05, 4.69) is 24.5 Å². The summed E-state index contributed by atoms with van der Waals surface area (Å²) in [5, 5.41) is 22.5. The van der Waals surface area contributed by atoms with Crippen molar-refractivity contribution in [2.45, 2.75) is 51.6 Å². The van der Waals surface area contributed by atoms with E-state index >= 15 is 0 Å². The summed E-state index contributed by atoms with van der Waals surface area (Å²) in [5.74, 6) is -1.24. The molecule has 1 fully saturated rings. The van der Waals surface area contributed by atoms with E-state index in [1.165, 1.54) is 0 Å². The van der Waals surface area contributed by atoms with Gasteiger partial charge in [0, 0.05) is 6.04 Å². The van der Waals surface area contributed by atoms with Crippen molar-refractivity contribution in [2.24, 2.45) is 5.41 Å². The van der Waals surface area contributed by atoms with Crippen LogP contribution in [0, 0.1) is 5.41 Å². The highest BCUT2D eigenvalue weighted by molar-refractivity contribution is 5.82. The standard InChI is InChI=1S/C12H22N2O4/c1-12(2)5-3-8(4-6-12)13-11(18)14-9(7-15)10(16)17/h8-9,15H,3-7H2,1-2H3,(H,16,17)(H2,13,14,18). The van der Waals surface area contributed by atoms with Crippen molar-refractivity contribution in [3.8, 4) is 0 Å². The zero-order valence-corrected chi connectivity index (χ0v) is 10.9. The number of hydrogen-bond donors (Lipinski definition) is 4. The monoisotopic (exact) mass is 258 g/mol. The molecule has 4 N–H and O–H groups in total. The predicted octanol–water partition coefficient (Wildman–Crippen LogP) is 0.700. The van der Waals surface area contributed by atoms with Crippen LogP contribution < -0.4 is 10.6 Å². The topological polar surface area (TPSA) is 98.7 Å². The average Bonchev–Trinajstić information content (AvgIpc) is 2.28. The Hall–Kier alpha value is -1.30. The maximum Gasteiger partial charge on any atom is 0.328 e. The Morgan fingerprint density at radius 2 is 1.89 bits per heavy atom. The number of carbonyl (C=O) groups is 2. The Morgan fingerprint density at radius 1 is 1.33 bits per heavy atom. The van der Waals surface area contributed by atoms with Gasteiger partial charge in [0.05, 0.1) is 6.61 Å². The van der Waals surface area contributed by atoms with Crippen LogP contribution in [0.1, 0.15) is 39.5 Å². The van der Waals surface area contributed by atoms with E-state index in [0.717, 1.165) is 25.7 Å². The molecule has 2 amide bonds. The lowest BCUT2D eigenvalue weighted by molar-refractivity contribution is -0.140. The van der Waals surface area contributed by atoms with Crippen LogP contribution >= 0.6 is 0 Å². The van der Waals surface area contributed by atoms with Crippen LogP contribution in [0.3, 0.4) is 0 Å². The summed E-state index contributed by atoms with van der Waals surface area (Å²) in [6, 6.07) is -1.68. The third kappa shape index (κ3) is 4.52. The molecule has 0 aromatic rings. The van der Waals surface area contributed by atoms with Crippen LogP contribution in [0.4, 0.5) is 4.79 Å². The van der Waals surface area contributed by atoms with Gasteiger partial charge in [0.15, 0.2) is 6.04 Å². The van der Waals surface area contributed by atoms with Gasteiger partial charge in [-0.25, -0.2) is 9.59 Å². The summed E-state index contributed by atoms with van der Waals surface area (Å²) >= 11 is 0. The van der Waals surface area contributed by atoms with Crippen LogP contribution in [0.5, 0.6) is 0 Å². The molecule has 0 aromatic heterocycles. The highest BCUT2D eigenvalue weighted by atomic mass is 16.4. The molecular formula is C12H22N2O4. The van der Waals surface area contributed by atoms with E-state index in [1.807, 2.05) is 0 Å². The first-order valence-corrected chi connectivity index (χ1v) is 6.25. The second kappa shape index (κ2) is 6.04. The highest BCUT2D eigenvalue weighted by Gasteiger charge is 2.28. The Labute approximate surface area is 107 Å². The number of aliphatic hydroxyl groups excluding tert-OH is 1. The normalized spacial score (nSPS) is 21.1. The van der Waals surface area contributed by atoms with Crippen molar-refractivity contribution >= 4 is 12.0 Å². The summed E-state index contributed by atoms with van der Waals surface area (Å²) in [6.45, 7) is 3.80. The lowest BCUT2D eigenvalue weighted by atomic mass is 9.76. The molecule has 1 saturated carbocycles. The molecule has 0 bridgehead atoms. The van der Waals surface area contributed by atoms with Gasteiger partial charge in [0.2, 0.25) is 0 Å². The smallest absolute Gasteiger partial charge is 0.328 e. The number of urea groups is 1. The Morgan fingerprint density at radius 3 is 2.33 bits per heavy atom. The van der Waals surface area contributed by atoms with Crippen molar-refractivity contribution in [2.75, 3.05) is 6.61 Å². The Bertz CT molecular complexity index is 307. The molecule has 1 unspecified atom stereocenters. The minimum Gasteiger partial charge on any atom is -0.480 e. The van der Waals surface area contributed by atoms with Gasteiger partial charge in [0.1, 0.15) is 0 Å². The van der Waals surface area contributed by atoms with Crippen LogP contribution in [0.2, 0.25) is 0 Å². The Balaban J connectivity index is 2.35. The lowest BCUT2D eigenvalue weighted by Gasteiger charge is -2.34. The van der Waals surface area contributed by atoms with Crippen molar-refractivity contribution < 1.29 is 19.8 Å². The van der Waals surface area contributed by atoms with Gasteiger partial charge in [-0.1, -0.05) is 13.8 Å². The fraction of sp³-hybridized carbons (Fsp3) is 0.833. The van der Waals surface area contributed by atoms with E-state index in [0.29, 0.717) is 5.41 Å². The van der Waals surface area contributed by atoms with Crippen molar-refractivity contribution in [1.82, 2.24) is 10.6 Å². The molecule has 0 saturated heterocycles. The van der Waals surface area contributed by atoms with Crippen molar-refractivity contribution in [3.63, 3.8) is 0 Å². The Kier molecular flexibility index (Phi) is 4.95. The van der Waals surface area contributed by atoms with Crippen molar-refractivity contribution in [1.29, 1.82) is 0 Å². The zero-order valence-electron chi connectivity index (χ0n) is 10.9. The van der Waals surface area contributed by atoms with Crippen LogP contribution in [-0.2, 0) is 4.79 Å². The zero-order chi connectivity index (χ0) is 13.8. The molecule has 0 aliphatic heterocycles. The quantitative estimate of drug-likeness (QED) is 0.596. The van der Waals surface area contributed by atoms with E-state index in [-0.39, 0.29) is 6.04 Å². The van der Waals surface area contributed by atoms with E-state index in [1.54, 1.807) is 0 Å². The summed E-state index contributed by atoms with van der Waals surface area (Å²) in [7, 11) is 0. The average molecular weight is 258 g/mol. The maximum atomic E-state index is 11.5. The summed E-state index contributed by atoms with van der Waals surface area (Å²) < 4.78 is 0. The first-order chi connectivity index (χ1) is 8.34. The lowest BCUT2D eigenvalue weighted by Crippen LogP contribution is -2.51. The molecular weight excluding hydrogens is 236 g/mol. The van der Waals surface area contributed by atoms with Gasteiger partial charge in [-0.3, -0.25) is 0 Å². The molecule has 0 spiro atoms. The molecule has 1 rings (SSSR count). The van der Waals surface area contributed by atoms with Gasteiger partial charge >= 0.3 is 12.0 Å². The van der Waals surface area contributed by atoms with Gasteiger partial charge in [-0.05, 0) is 31.1 Å². The molecule has 0 radical (unpaired) electrons. The van der Waals surface area contributed by atoms with Crippen LogP contribution in [0.15, 0.2) is 0 Å². The van der Waals surface area contributed by atoms with Gasteiger partial charge in [-0.2, -0.15) is 0 Å². The second-order valence-corrected chi connectivity index (χ2v) is 5.63. The summed E-state index contributed by atoms with van der Waals surface area (Å²) in [4.78, 5) is 22.2. The first kappa shape index (κ1) is 14.8. The first-order valence-electron chi connectivity index (χ1n) is 6.25. The molecule has 104 valence electrons. The van der Waals surface area contributed by atoms with E-state index in [4.69, 9.17) is 10.2 Å². The third-order valence-electron chi connectivity index (χ3n) is 3.46. The fourth-order valence-corrected chi connectivity index (χ4v) is 2.11. The number of hydrogen-bond acceptors (Lipinski definition) is 3. The summed E-state index contributed by atoms with van der Waals surface area (Å²) in [6.07, 6.45) is 3.88. The van der Waals surface area contributed by atoms with Crippen LogP contribution in [-0.4, -0.2) is 40.9 Å². The van der Waals surface area contributed by atoms with Gasteiger partial charge in [-0.15, -0.1) is 0 Å². The van der Waals surface area contributed by atoms with Crippen molar-refractivity contribution in [3.05, 3.63) is 0 Å². The third-order valence-corrected chi connectivity index (χ3v) is 3.46. The predicted molar refractivity (Wildman–Crippen MR) is 66.2 cm³/mol. The highest BCUT2D eigenvalue weighted by Crippen LogP contribution is 2.34. The molecule has 6 heteroatoms. The molecule has 1 aliphatic rings. The van der Waals surface area contributed by atoms with Crippen LogP contribution in [0.25, 0.3) is 0 Å². The summed E-state index contributed by atoms with van der Waals surface area (Å²) in [5.41, 5.74) is 0.323.